The number of benzene rings is 2. The first-order chi connectivity index (χ1) is 8.70. The Bertz CT molecular complexity index is 538. The van der Waals surface area contributed by atoms with Crippen LogP contribution < -0.4 is 5.32 Å². The van der Waals surface area contributed by atoms with Gasteiger partial charge in [0.15, 0.2) is 0 Å². The van der Waals surface area contributed by atoms with Crippen molar-refractivity contribution in [2.75, 3.05) is 6.54 Å². The van der Waals surface area contributed by atoms with Gasteiger partial charge >= 0.3 is 0 Å². The van der Waals surface area contributed by atoms with E-state index < -0.39 is 0 Å². The second kappa shape index (κ2) is 5.74. The highest BCUT2D eigenvalue weighted by Crippen LogP contribution is 2.22. The summed E-state index contributed by atoms with van der Waals surface area (Å²) in [6.45, 7) is 3.27. The van der Waals surface area contributed by atoms with Crippen molar-refractivity contribution in [2.24, 2.45) is 0 Å². The van der Waals surface area contributed by atoms with Gasteiger partial charge in [-0.2, -0.15) is 0 Å². The average molecular weight is 247 g/mol. The first kappa shape index (κ1) is 12.7. The Hall–Kier alpha value is -1.74. The highest BCUT2D eigenvalue weighted by Gasteiger charge is 2.05. The zero-order valence-corrected chi connectivity index (χ0v) is 10.2. The third kappa shape index (κ3) is 2.93. The maximum atomic E-state index is 13.8. The minimum atomic E-state index is -0.315. The fourth-order valence-corrected chi connectivity index (χ4v) is 1.80. The van der Waals surface area contributed by atoms with Gasteiger partial charge in [-0.1, -0.05) is 31.2 Å². The average Bonchev–Trinajstić information content (AvgIpc) is 2.37. The fourth-order valence-electron chi connectivity index (χ4n) is 1.80. The normalized spacial score (nSPS) is 10.6. The summed E-state index contributed by atoms with van der Waals surface area (Å²) in [5.74, 6) is -0.581. The van der Waals surface area contributed by atoms with Crippen LogP contribution in [0.15, 0.2) is 42.5 Å². The lowest BCUT2D eigenvalue weighted by molar-refractivity contribution is 0.594. The van der Waals surface area contributed by atoms with E-state index in [9.17, 15) is 8.78 Å². The second-order valence-electron chi connectivity index (χ2n) is 4.10. The van der Waals surface area contributed by atoms with Crippen LogP contribution in [0.4, 0.5) is 8.78 Å². The molecule has 18 heavy (non-hydrogen) atoms. The molecule has 0 aliphatic carbocycles. The Labute approximate surface area is 105 Å². The van der Waals surface area contributed by atoms with E-state index in [1.54, 1.807) is 18.2 Å². The molecule has 0 saturated carbocycles. The summed E-state index contributed by atoms with van der Waals surface area (Å²) < 4.78 is 26.9. The van der Waals surface area contributed by atoms with Crippen LogP contribution in [0.25, 0.3) is 11.1 Å². The molecule has 0 aromatic heterocycles. The molecule has 2 aromatic carbocycles. The lowest BCUT2D eigenvalue weighted by atomic mass is 10.0. The highest BCUT2D eigenvalue weighted by atomic mass is 19.1. The third-order valence-corrected chi connectivity index (χ3v) is 2.78. The molecule has 0 amide bonds. The van der Waals surface area contributed by atoms with E-state index in [-0.39, 0.29) is 11.6 Å². The molecule has 94 valence electrons. The fraction of sp³-hybridized carbons (Fsp3) is 0.200. The molecule has 2 rings (SSSR count). The highest BCUT2D eigenvalue weighted by molar-refractivity contribution is 5.63. The number of hydrogen-bond donors (Lipinski definition) is 1. The molecule has 0 unspecified atom stereocenters. The molecule has 3 heteroatoms. The van der Waals surface area contributed by atoms with Gasteiger partial charge in [0.1, 0.15) is 11.6 Å². The molecular weight excluding hydrogens is 232 g/mol. The van der Waals surface area contributed by atoms with Gasteiger partial charge in [0.05, 0.1) is 0 Å². The molecule has 0 bridgehead atoms. The minimum absolute atomic E-state index is 0.266. The van der Waals surface area contributed by atoms with Crippen LogP contribution in [0.2, 0.25) is 0 Å². The second-order valence-corrected chi connectivity index (χ2v) is 4.10. The van der Waals surface area contributed by atoms with Crippen molar-refractivity contribution in [1.82, 2.24) is 5.32 Å². The molecule has 0 aliphatic heterocycles. The molecule has 0 aliphatic rings. The van der Waals surface area contributed by atoms with Crippen molar-refractivity contribution in [2.45, 2.75) is 13.5 Å². The van der Waals surface area contributed by atoms with E-state index in [0.717, 1.165) is 6.54 Å². The van der Waals surface area contributed by atoms with Crippen LogP contribution in [0.1, 0.15) is 12.5 Å². The molecule has 1 N–H and O–H groups in total. The van der Waals surface area contributed by atoms with Gasteiger partial charge in [-0.3, -0.25) is 0 Å². The maximum Gasteiger partial charge on any atom is 0.128 e. The van der Waals surface area contributed by atoms with Crippen molar-refractivity contribution >= 4 is 0 Å². The smallest absolute Gasteiger partial charge is 0.128 e. The van der Waals surface area contributed by atoms with Gasteiger partial charge in [0.25, 0.3) is 0 Å². The summed E-state index contributed by atoms with van der Waals surface area (Å²) in [6.07, 6.45) is 0. The summed E-state index contributed by atoms with van der Waals surface area (Å²) in [7, 11) is 0. The Balaban J connectivity index is 2.28. The third-order valence-electron chi connectivity index (χ3n) is 2.78. The summed E-state index contributed by atoms with van der Waals surface area (Å²) in [5.41, 5.74) is 1.99. The molecule has 2 aromatic rings. The van der Waals surface area contributed by atoms with Gasteiger partial charge < -0.3 is 5.32 Å². The van der Waals surface area contributed by atoms with Gasteiger partial charge in [-0.05, 0) is 35.9 Å². The van der Waals surface area contributed by atoms with Crippen LogP contribution >= 0.6 is 0 Å². The number of nitrogens with one attached hydrogen (secondary N) is 1. The van der Waals surface area contributed by atoms with Crippen LogP contribution in [0, 0.1) is 11.6 Å². The van der Waals surface area contributed by atoms with Crippen LogP contribution in [0.5, 0.6) is 0 Å². The lowest BCUT2D eigenvalue weighted by Gasteiger charge is -2.07. The molecule has 0 spiro atoms. The molecule has 0 fully saturated rings. The molecule has 0 saturated heterocycles. The topological polar surface area (TPSA) is 12.0 Å². The Morgan fingerprint density at radius 3 is 2.44 bits per heavy atom. The quantitative estimate of drug-likeness (QED) is 0.867. The standard InChI is InChI=1S/C15H15F2N/c1-2-18-10-13-7-6-12(9-15(13)17)11-4-3-5-14(16)8-11/h3-9,18H,2,10H2,1H3. The first-order valence-electron chi connectivity index (χ1n) is 5.96. The van der Waals surface area contributed by atoms with Gasteiger partial charge in [0.2, 0.25) is 0 Å². The van der Waals surface area contributed by atoms with E-state index in [1.807, 2.05) is 13.0 Å². The predicted molar refractivity (Wildman–Crippen MR) is 69.2 cm³/mol. The molecular formula is C15H15F2N. The van der Waals surface area contributed by atoms with E-state index in [0.29, 0.717) is 23.2 Å². The zero-order valence-electron chi connectivity index (χ0n) is 10.2. The van der Waals surface area contributed by atoms with Gasteiger partial charge in [-0.15, -0.1) is 0 Å². The number of halogens is 2. The predicted octanol–water partition coefficient (Wildman–Crippen LogP) is 3.74. The van der Waals surface area contributed by atoms with Crippen molar-refractivity contribution in [3.8, 4) is 11.1 Å². The van der Waals surface area contributed by atoms with E-state index in [4.69, 9.17) is 0 Å². The molecule has 1 nitrogen and oxygen atoms in total. The largest absolute Gasteiger partial charge is 0.313 e. The lowest BCUT2D eigenvalue weighted by Crippen LogP contribution is -2.12. The Kier molecular flexibility index (Phi) is 4.05. The van der Waals surface area contributed by atoms with Gasteiger partial charge in [0, 0.05) is 12.1 Å². The van der Waals surface area contributed by atoms with E-state index >= 15 is 0 Å². The number of rotatable bonds is 4. The van der Waals surface area contributed by atoms with Gasteiger partial charge in [-0.25, -0.2) is 8.78 Å². The minimum Gasteiger partial charge on any atom is -0.313 e. The van der Waals surface area contributed by atoms with Crippen molar-refractivity contribution in [3.05, 3.63) is 59.7 Å². The SMILES string of the molecule is CCNCc1ccc(-c2cccc(F)c2)cc1F. The van der Waals surface area contributed by atoms with Crippen molar-refractivity contribution in [1.29, 1.82) is 0 Å². The van der Waals surface area contributed by atoms with Crippen LogP contribution in [-0.2, 0) is 6.54 Å². The molecule has 0 radical (unpaired) electrons. The van der Waals surface area contributed by atoms with Crippen molar-refractivity contribution in [3.63, 3.8) is 0 Å². The molecule has 0 atom stereocenters. The van der Waals surface area contributed by atoms with E-state index in [1.165, 1.54) is 18.2 Å². The summed E-state index contributed by atoms with van der Waals surface area (Å²) in [4.78, 5) is 0. The van der Waals surface area contributed by atoms with Crippen LogP contribution in [0.3, 0.4) is 0 Å². The summed E-state index contributed by atoms with van der Waals surface area (Å²) in [5, 5.41) is 3.07. The Morgan fingerprint density at radius 2 is 1.78 bits per heavy atom. The summed E-state index contributed by atoms with van der Waals surface area (Å²) >= 11 is 0. The van der Waals surface area contributed by atoms with Crippen LogP contribution in [-0.4, -0.2) is 6.54 Å². The monoisotopic (exact) mass is 247 g/mol. The summed E-state index contributed by atoms with van der Waals surface area (Å²) in [6, 6.07) is 11.2. The zero-order chi connectivity index (χ0) is 13.0. The number of hydrogen-bond acceptors (Lipinski definition) is 1. The Morgan fingerprint density at radius 1 is 1.00 bits per heavy atom. The first-order valence-corrected chi connectivity index (χ1v) is 5.96. The maximum absolute atomic E-state index is 13.8. The van der Waals surface area contributed by atoms with Crippen molar-refractivity contribution < 1.29 is 8.78 Å². The van der Waals surface area contributed by atoms with E-state index in [2.05, 4.69) is 5.32 Å². The molecule has 0 heterocycles.